The number of hydrogen-bond acceptors (Lipinski definition) is 6. The maximum atomic E-state index is 14.4. The summed E-state index contributed by atoms with van der Waals surface area (Å²) < 4.78 is 31.9. The number of hydrogen-bond donors (Lipinski definition) is 3. The molecule has 9 rings (SSSR count). The number of benzene rings is 2. The number of β-lactam (4-membered cyclic amide) rings is 1. The second-order valence-electron chi connectivity index (χ2n) is 14.5. The highest BCUT2D eigenvalue weighted by molar-refractivity contribution is 7.93. The highest BCUT2D eigenvalue weighted by Crippen LogP contribution is 2.55. The summed E-state index contributed by atoms with van der Waals surface area (Å²) in [6.45, 7) is 8.71. The Labute approximate surface area is 267 Å². The number of carbonyl (C=O) groups is 3. The van der Waals surface area contributed by atoms with Crippen LogP contribution in [0.3, 0.4) is 0 Å². The van der Waals surface area contributed by atoms with Crippen molar-refractivity contribution in [3.8, 4) is 0 Å². The third-order valence-electron chi connectivity index (χ3n) is 12.2. The summed E-state index contributed by atoms with van der Waals surface area (Å²) in [5.74, 6) is -2.91. The highest BCUT2D eigenvalue weighted by atomic mass is 32.2. The van der Waals surface area contributed by atoms with Gasteiger partial charge in [0, 0.05) is 17.7 Å². The van der Waals surface area contributed by atoms with Crippen molar-refractivity contribution in [3.05, 3.63) is 47.2 Å². The van der Waals surface area contributed by atoms with Gasteiger partial charge in [-0.1, -0.05) is 24.6 Å². The van der Waals surface area contributed by atoms with Gasteiger partial charge in [-0.15, -0.1) is 0 Å². The van der Waals surface area contributed by atoms with Crippen molar-refractivity contribution < 1.29 is 42.0 Å². The van der Waals surface area contributed by atoms with E-state index in [1.807, 2.05) is 24.3 Å². The first kappa shape index (κ1) is 29.9. The molecule has 13 heteroatoms. The van der Waals surface area contributed by atoms with Crippen LogP contribution in [0.15, 0.2) is 46.5 Å². The Morgan fingerprint density at radius 1 is 1.04 bits per heavy atom. The van der Waals surface area contributed by atoms with Crippen LogP contribution in [0.2, 0.25) is 0 Å². The lowest BCUT2D eigenvalue weighted by molar-refractivity contribution is -1.08. The number of fused-ring (bicyclic) bond motifs is 6. The molecule has 4 N–H and O–H groups in total. The Bertz CT molecular complexity index is 1830. The number of rotatable bonds is 8. The van der Waals surface area contributed by atoms with Gasteiger partial charge >= 0.3 is 5.97 Å². The van der Waals surface area contributed by atoms with Gasteiger partial charge in [-0.05, 0) is 48.4 Å². The first-order chi connectivity index (χ1) is 21.9. The van der Waals surface area contributed by atoms with Crippen LogP contribution in [-0.2, 0) is 30.8 Å². The van der Waals surface area contributed by atoms with Crippen LogP contribution in [0, 0.1) is 11.8 Å². The molecule has 0 radical (unpaired) electrons. The molecule has 4 saturated heterocycles. The smallest absolute Gasteiger partial charge is 0.352 e. The van der Waals surface area contributed by atoms with Gasteiger partial charge in [-0.25, -0.2) is 13.2 Å². The number of carbonyl (C=O) groups excluding carboxylic acids is 2. The van der Waals surface area contributed by atoms with Crippen LogP contribution in [-0.4, -0.2) is 121 Å². The summed E-state index contributed by atoms with van der Waals surface area (Å²) in [7, 11) is -4.01. The number of carboxylic acid groups (broad SMARTS) is 1. The van der Waals surface area contributed by atoms with Crippen LogP contribution >= 0.6 is 0 Å². The minimum absolute atomic E-state index is 0.115. The summed E-state index contributed by atoms with van der Waals surface area (Å²) in [6.07, 6.45) is 1.63. The summed E-state index contributed by atoms with van der Waals surface area (Å²) in [5, 5.41) is 22.3. The SMILES string of the molecule is CC(O)C1C(=O)N2C(C(=O)O)=C3C(CCCC3N3c4cccc5c(CC[N+]67CC[N+](CC(N)=O)(CC6)CC7)ccc(c45)S3(=O)=O)C12. The fourth-order valence-corrected chi connectivity index (χ4v) is 11.8. The molecule has 46 heavy (non-hydrogen) atoms. The molecule has 5 unspecified atom stereocenters. The number of nitrogens with zero attached hydrogens (tertiary/aromatic N) is 4. The van der Waals surface area contributed by atoms with Crippen molar-refractivity contribution >= 4 is 44.3 Å². The first-order valence-corrected chi connectivity index (χ1v) is 17.9. The summed E-state index contributed by atoms with van der Waals surface area (Å²) >= 11 is 0. The number of anilines is 1. The quantitative estimate of drug-likeness (QED) is 0.281. The normalized spacial score (nSPS) is 34.4. The molecule has 0 aromatic heterocycles. The Hall–Kier alpha value is -3.52. The maximum absolute atomic E-state index is 14.4. The van der Waals surface area contributed by atoms with Crippen molar-refractivity contribution in [2.75, 3.05) is 56.7 Å². The van der Waals surface area contributed by atoms with E-state index in [4.69, 9.17) is 5.73 Å². The zero-order valence-electron chi connectivity index (χ0n) is 26.0. The molecule has 1 saturated carbocycles. The molecule has 2 aromatic rings. The van der Waals surface area contributed by atoms with E-state index in [2.05, 4.69) is 0 Å². The first-order valence-electron chi connectivity index (χ1n) is 16.4. The van der Waals surface area contributed by atoms with Crippen LogP contribution < -0.4 is 10.0 Å². The fraction of sp³-hybridized carbons (Fsp3) is 0.545. The van der Waals surface area contributed by atoms with Crippen molar-refractivity contribution in [2.24, 2.45) is 17.6 Å². The molecular weight excluding hydrogens is 610 g/mol. The van der Waals surface area contributed by atoms with E-state index in [1.165, 1.54) is 9.21 Å². The van der Waals surface area contributed by atoms with Crippen LogP contribution in [0.25, 0.3) is 10.8 Å². The Morgan fingerprint density at radius 3 is 2.39 bits per heavy atom. The van der Waals surface area contributed by atoms with Crippen molar-refractivity contribution in [2.45, 2.75) is 55.7 Å². The second kappa shape index (κ2) is 9.99. The van der Waals surface area contributed by atoms with Crippen LogP contribution in [0.1, 0.15) is 31.7 Å². The van der Waals surface area contributed by atoms with E-state index in [0.717, 1.165) is 72.1 Å². The number of quaternary nitrogens is 2. The van der Waals surface area contributed by atoms with E-state index >= 15 is 0 Å². The molecule has 6 aliphatic heterocycles. The van der Waals surface area contributed by atoms with Gasteiger partial charge < -0.3 is 29.8 Å². The molecule has 5 atom stereocenters. The minimum atomic E-state index is -4.01. The number of aliphatic hydroxyl groups is 1. The molecule has 2 aromatic carbocycles. The van der Waals surface area contributed by atoms with Crippen molar-refractivity contribution in [1.29, 1.82) is 0 Å². The maximum Gasteiger partial charge on any atom is 0.352 e. The molecule has 2 bridgehead atoms. The van der Waals surface area contributed by atoms with Crippen molar-refractivity contribution in [1.82, 2.24) is 4.90 Å². The zero-order valence-corrected chi connectivity index (χ0v) is 26.8. The third-order valence-corrected chi connectivity index (χ3v) is 14.1. The molecule has 12 nitrogen and oxygen atoms in total. The average Bonchev–Trinajstić information content (AvgIpc) is 3.44. The molecule has 1 aliphatic carbocycles. The third kappa shape index (κ3) is 4.01. The van der Waals surface area contributed by atoms with Crippen LogP contribution in [0.4, 0.5) is 5.69 Å². The molecule has 244 valence electrons. The lowest BCUT2D eigenvalue weighted by Crippen LogP contribution is -2.76. The number of aliphatic hydroxyl groups excluding tert-OH is 1. The molecule has 6 heterocycles. The number of piperazine rings is 3. The van der Waals surface area contributed by atoms with E-state index in [9.17, 15) is 33.0 Å². The van der Waals surface area contributed by atoms with Crippen molar-refractivity contribution in [3.63, 3.8) is 0 Å². The molecule has 2 amide bonds. The fourth-order valence-electron chi connectivity index (χ4n) is 9.91. The number of amides is 2. The summed E-state index contributed by atoms with van der Waals surface area (Å²) in [4.78, 5) is 38.9. The standard InChI is InChI=1S/C33H39N5O7S/c1-19(39)27-30-22-5-3-7-24(29(22)31(33(42)43)35(30)32(27)41)36-23-6-2-4-21-20(8-9-25(28(21)23)46(36,44)45)10-11-37-12-15-38(16-13-37,17-14-37)18-26(34)40/h2,4,6,8-9,19,22,24,27,30,39H,3,5,7,10-18H2,1H3,(H-2,34,40,42,43)/p+2. The number of primary amides is 1. The molecule has 7 aliphatic rings. The van der Waals surface area contributed by atoms with E-state index in [-0.39, 0.29) is 22.4 Å². The summed E-state index contributed by atoms with van der Waals surface area (Å²) in [6, 6.07) is 8.11. The van der Waals surface area contributed by atoms with Gasteiger partial charge in [-0.3, -0.25) is 13.9 Å². The molecular formula is C33H41N5O7S+2. The van der Waals surface area contributed by atoms with Gasteiger partial charge in [-0.2, -0.15) is 0 Å². The van der Waals surface area contributed by atoms with Gasteiger partial charge in [0.1, 0.15) is 45.0 Å². The Kier molecular flexibility index (Phi) is 6.48. The molecule has 0 spiro atoms. The van der Waals surface area contributed by atoms with E-state index < -0.39 is 46.0 Å². The number of aliphatic carboxylic acids is 1. The number of sulfonamides is 1. The number of nitrogens with two attached hydrogens (primary N) is 1. The topological polar surface area (TPSA) is 158 Å². The zero-order chi connectivity index (χ0) is 32.3. The highest BCUT2D eigenvalue weighted by Gasteiger charge is 2.63. The lowest BCUT2D eigenvalue weighted by Gasteiger charge is -2.55. The van der Waals surface area contributed by atoms with Crippen LogP contribution in [0.5, 0.6) is 0 Å². The van der Waals surface area contributed by atoms with E-state index in [1.54, 1.807) is 13.0 Å². The van der Waals surface area contributed by atoms with Gasteiger partial charge in [0.2, 0.25) is 5.91 Å². The van der Waals surface area contributed by atoms with E-state index in [0.29, 0.717) is 42.5 Å². The Morgan fingerprint density at radius 2 is 1.74 bits per heavy atom. The average molecular weight is 652 g/mol. The predicted molar refractivity (Wildman–Crippen MR) is 168 cm³/mol. The number of carboxylic acids is 1. The Balaban J connectivity index is 1.13. The summed E-state index contributed by atoms with van der Waals surface area (Å²) in [5.41, 5.74) is 7.57. The lowest BCUT2D eigenvalue weighted by atomic mass is 9.71. The largest absolute Gasteiger partial charge is 0.477 e. The predicted octanol–water partition coefficient (Wildman–Crippen LogP) is 0.766. The molecule has 5 fully saturated rings. The van der Waals surface area contributed by atoms with Gasteiger partial charge in [0.05, 0.1) is 41.2 Å². The second-order valence-corrected chi connectivity index (χ2v) is 16.3. The monoisotopic (exact) mass is 651 g/mol. The van der Waals surface area contributed by atoms with Gasteiger partial charge in [0.15, 0.2) is 6.54 Å². The minimum Gasteiger partial charge on any atom is -0.477 e. The van der Waals surface area contributed by atoms with Gasteiger partial charge in [0.25, 0.3) is 15.9 Å².